The molecule has 104 valence electrons. The first-order valence-corrected chi connectivity index (χ1v) is 6.83. The summed E-state index contributed by atoms with van der Waals surface area (Å²) < 4.78 is 5.79. The van der Waals surface area contributed by atoms with Crippen molar-refractivity contribution in [3.05, 3.63) is 35.4 Å². The zero-order valence-electron chi connectivity index (χ0n) is 11.3. The molecule has 1 fully saturated rings. The van der Waals surface area contributed by atoms with Crippen LogP contribution in [-0.4, -0.2) is 42.2 Å². The molecule has 0 spiro atoms. The van der Waals surface area contributed by atoms with E-state index < -0.39 is 5.97 Å². The van der Waals surface area contributed by atoms with Crippen LogP contribution in [0.4, 0.5) is 0 Å². The van der Waals surface area contributed by atoms with Gasteiger partial charge in [-0.3, -0.25) is 9.69 Å². The van der Waals surface area contributed by atoms with Gasteiger partial charge in [-0.15, -0.1) is 0 Å². The minimum atomic E-state index is -0.740. The van der Waals surface area contributed by atoms with Crippen LogP contribution in [0.2, 0.25) is 0 Å². The highest BCUT2D eigenvalue weighted by atomic mass is 16.5. The minimum absolute atomic E-state index is 0.0634. The Hall–Kier alpha value is -1.39. The van der Waals surface area contributed by atoms with E-state index in [1.165, 1.54) is 11.1 Å². The van der Waals surface area contributed by atoms with Crippen LogP contribution in [0.3, 0.4) is 0 Å². The molecule has 19 heavy (non-hydrogen) atoms. The van der Waals surface area contributed by atoms with E-state index in [2.05, 4.69) is 36.1 Å². The fraction of sp³-hybridized carbons (Fsp3) is 0.533. The number of hydrogen-bond acceptors (Lipinski definition) is 3. The molecule has 0 bridgehead atoms. The lowest BCUT2D eigenvalue weighted by Crippen LogP contribution is -2.39. The summed E-state index contributed by atoms with van der Waals surface area (Å²) in [4.78, 5) is 12.8. The Morgan fingerprint density at radius 3 is 2.79 bits per heavy atom. The summed E-state index contributed by atoms with van der Waals surface area (Å²) in [7, 11) is 0. The van der Waals surface area contributed by atoms with E-state index in [1.54, 1.807) is 0 Å². The van der Waals surface area contributed by atoms with E-state index in [4.69, 9.17) is 9.84 Å². The molecular weight excluding hydrogens is 242 g/mol. The lowest BCUT2D eigenvalue weighted by Gasteiger charge is -2.32. The van der Waals surface area contributed by atoms with Crippen molar-refractivity contribution in [2.45, 2.75) is 25.9 Å². The van der Waals surface area contributed by atoms with Gasteiger partial charge in [0, 0.05) is 19.6 Å². The fourth-order valence-electron chi connectivity index (χ4n) is 2.33. The number of carboxylic acids is 1. The van der Waals surface area contributed by atoms with E-state index in [-0.39, 0.29) is 12.5 Å². The van der Waals surface area contributed by atoms with Crippen LogP contribution in [0, 0.1) is 0 Å². The van der Waals surface area contributed by atoms with Gasteiger partial charge in [0.2, 0.25) is 0 Å². The molecule has 1 aromatic carbocycles. The molecule has 1 aliphatic rings. The van der Waals surface area contributed by atoms with Gasteiger partial charge in [-0.1, -0.05) is 31.2 Å². The van der Waals surface area contributed by atoms with Crippen molar-refractivity contribution < 1.29 is 14.6 Å². The number of aryl methyl sites for hydroxylation is 1. The van der Waals surface area contributed by atoms with Gasteiger partial charge >= 0.3 is 5.97 Å². The Balaban J connectivity index is 1.94. The summed E-state index contributed by atoms with van der Waals surface area (Å²) in [6.07, 6.45) is 1.30. The molecule has 1 aliphatic heterocycles. The number of morpholine rings is 1. The second kappa shape index (κ2) is 6.68. The largest absolute Gasteiger partial charge is 0.481 e. The molecule has 0 aromatic heterocycles. The van der Waals surface area contributed by atoms with E-state index in [1.807, 2.05) is 0 Å². The minimum Gasteiger partial charge on any atom is -0.481 e. The van der Waals surface area contributed by atoms with E-state index >= 15 is 0 Å². The summed E-state index contributed by atoms with van der Waals surface area (Å²) in [6, 6.07) is 8.50. The van der Waals surface area contributed by atoms with Gasteiger partial charge < -0.3 is 9.84 Å². The monoisotopic (exact) mass is 263 g/mol. The third-order valence-electron chi connectivity index (χ3n) is 3.55. The first-order valence-electron chi connectivity index (χ1n) is 6.83. The first-order chi connectivity index (χ1) is 9.19. The van der Waals surface area contributed by atoms with Gasteiger partial charge in [0.15, 0.2) is 0 Å². The van der Waals surface area contributed by atoms with Crippen molar-refractivity contribution in [2.75, 3.05) is 26.2 Å². The highest BCUT2D eigenvalue weighted by Gasteiger charge is 2.22. The lowest BCUT2D eigenvalue weighted by molar-refractivity contribution is -0.137. The molecule has 1 N–H and O–H groups in total. The average Bonchev–Trinajstić information content (AvgIpc) is 2.45. The van der Waals surface area contributed by atoms with Crippen molar-refractivity contribution >= 4 is 5.97 Å². The Morgan fingerprint density at radius 1 is 1.42 bits per heavy atom. The summed E-state index contributed by atoms with van der Waals surface area (Å²) in [5, 5.41) is 8.73. The van der Waals surface area contributed by atoms with E-state index in [0.29, 0.717) is 13.2 Å². The number of nitrogens with zero attached hydrogens (tertiary/aromatic N) is 1. The summed E-state index contributed by atoms with van der Waals surface area (Å²) >= 11 is 0. The van der Waals surface area contributed by atoms with Crippen molar-refractivity contribution in [3.63, 3.8) is 0 Å². The first kappa shape index (κ1) is 14.0. The number of carbonyl (C=O) groups is 1. The Morgan fingerprint density at radius 2 is 2.16 bits per heavy atom. The zero-order chi connectivity index (χ0) is 13.7. The van der Waals surface area contributed by atoms with Gasteiger partial charge in [-0.05, 0) is 17.5 Å². The number of hydrogen-bond donors (Lipinski definition) is 1. The predicted molar refractivity (Wildman–Crippen MR) is 73.2 cm³/mol. The van der Waals surface area contributed by atoms with Crippen molar-refractivity contribution in [2.24, 2.45) is 0 Å². The molecule has 4 nitrogen and oxygen atoms in total. The third-order valence-corrected chi connectivity index (χ3v) is 3.55. The molecule has 0 amide bonds. The molecule has 1 saturated heterocycles. The van der Waals surface area contributed by atoms with Crippen LogP contribution in [0.5, 0.6) is 0 Å². The summed E-state index contributed by atoms with van der Waals surface area (Å²) in [6.45, 7) is 5.00. The van der Waals surface area contributed by atoms with Gasteiger partial charge in [0.05, 0.1) is 19.1 Å². The Labute approximate surface area is 114 Å². The number of benzene rings is 1. The highest BCUT2D eigenvalue weighted by molar-refractivity contribution is 5.66. The van der Waals surface area contributed by atoms with Crippen LogP contribution in [0.25, 0.3) is 0 Å². The molecule has 1 atom stereocenters. The maximum Gasteiger partial charge on any atom is 0.304 e. The number of carboxylic acid groups (broad SMARTS) is 1. The zero-order valence-corrected chi connectivity index (χ0v) is 11.3. The maximum absolute atomic E-state index is 10.6. The van der Waals surface area contributed by atoms with Gasteiger partial charge in [0.1, 0.15) is 0 Å². The lowest BCUT2D eigenvalue weighted by atomic mass is 10.0. The van der Waals surface area contributed by atoms with E-state index in [0.717, 1.165) is 19.5 Å². The van der Waals surface area contributed by atoms with Crippen LogP contribution in [-0.2, 0) is 16.0 Å². The van der Waals surface area contributed by atoms with Gasteiger partial charge in [-0.2, -0.15) is 0 Å². The summed E-state index contributed by atoms with van der Waals surface area (Å²) in [5.41, 5.74) is 2.50. The van der Waals surface area contributed by atoms with Crippen molar-refractivity contribution in [3.8, 4) is 0 Å². The second-order valence-electron chi connectivity index (χ2n) is 4.90. The molecule has 0 saturated carbocycles. The number of rotatable bonds is 5. The molecule has 1 aromatic rings. The smallest absolute Gasteiger partial charge is 0.304 e. The van der Waals surface area contributed by atoms with Crippen molar-refractivity contribution in [1.29, 1.82) is 0 Å². The standard InChI is InChI=1S/C15H21NO3/c1-2-12-3-5-13(6-4-12)14-11-16(9-10-19-14)8-7-15(17)18/h3-6,14H,2,7-11H2,1H3,(H,17,18). The SMILES string of the molecule is CCc1ccc(C2CN(CCC(=O)O)CCO2)cc1. The molecule has 0 aliphatic carbocycles. The predicted octanol–water partition coefficient (Wildman–Crippen LogP) is 2.10. The molecular formula is C15H21NO3. The molecule has 1 unspecified atom stereocenters. The Kier molecular flexibility index (Phi) is 4.93. The third kappa shape index (κ3) is 4.04. The summed E-state index contributed by atoms with van der Waals surface area (Å²) in [5.74, 6) is -0.740. The van der Waals surface area contributed by atoms with Gasteiger partial charge in [-0.25, -0.2) is 0 Å². The Bertz CT molecular complexity index is 416. The highest BCUT2D eigenvalue weighted by Crippen LogP contribution is 2.22. The quantitative estimate of drug-likeness (QED) is 0.884. The van der Waals surface area contributed by atoms with Gasteiger partial charge in [0.25, 0.3) is 0 Å². The van der Waals surface area contributed by atoms with E-state index in [9.17, 15) is 4.79 Å². The number of aliphatic carboxylic acids is 1. The molecule has 1 heterocycles. The second-order valence-corrected chi connectivity index (χ2v) is 4.90. The average molecular weight is 263 g/mol. The fourth-order valence-corrected chi connectivity index (χ4v) is 2.33. The normalized spacial score (nSPS) is 20.4. The van der Waals surface area contributed by atoms with Crippen LogP contribution >= 0.6 is 0 Å². The molecule has 0 radical (unpaired) electrons. The van der Waals surface area contributed by atoms with Crippen LogP contribution in [0.15, 0.2) is 24.3 Å². The van der Waals surface area contributed by atoms with Crippen LogP contribution in [0.1, 0.15) is 30.6 Å². The molecule has 2 rings (SSSR count). The van der Waals surface area contributed by atoms with Crippen LogP contribution < -0.4 is 0 Å². The maximum atomic E-state index is 10.6. The molecule has 4 heteroatoms. The topological polar surface area (TPSA) is 49.8 Å². The van der Waals surface area contributed by atoms with Crippen molar-refractivity contribution in [1.82, 2.24) is 4.90 Å². The number of ether oxygens (including phenoxy) is 1.